The second-order valence-electron chi connectivity index (χ2n) is 2.91. The first-order chi connectivity index (χ1) is 2.56. The SMILES string of the molecule is BBC(B)(C)C. The van der Waals surface area contributed by atoms with Crippen LogP contribution in [-0.4, -0.2) is 22.8 Å². The van der Waals surface area contributed by atoms with Gasteiger partial charge in [-0.25, -0.2) is 0 Å². The van der Waals surface area contributed by atoms with Crippen LogP contribution in [0.4, 0.5) is 0 Å². The summed E-state index contributed by atoms with van der Waals surface area (Å²) in [6, 6.07) is 0. The Kier molecular flexibility index (Phi) is 1.82. The van der Waals surface area contributed by atoms with E-state index >= 15 is 0 Å². The van der Waals surface area contributed by atoms with Gasteiger partial charge < -0.3 is 0 Å². The maximum absolute atomic E-state index is 2.24. The Labute approximate surface area is 42.7 Å². The number of hydrogen-bond acceptors (Lipinski definition) is 0. The molecule has 0 aliphatic carbocycles. The van der Waals surface area contributed by atoms with E-state index in [9.17, 15) is 0 Å². The molecule has 0 spiro atoms. The lowest BCUT2D eigenvalue weighted by molar-refractivity contribution is 0.966. The molecule has 0 aromatic rings. The molecule has 0 saturated heterocycles. The van der Waals surface area contributed by atoms with Crippen molar-refractivity contribution in [1.82, 2.24) is 0 Å². The Morgan fingerprint density at radius 2 is 1.67 bits per heavy atom. The molecule has 0 saturated carbocycles. The number of hydrogen-bond donors (Lipinski definition) is 0. The highest BCUT2D eigenvalue weighted by Crippen LogP contribution is 2.11. The van der Waals surface area contributed by atoms with Gasteiger partial charge in [-0.2, -0.15) is 0 Å². The number of rotatable bonds is 1. The van der Waals surface area contributed by atoms with E-state index in [0.717, 1.165) is 0 Å². The summed E-state index contributed by atoms with van der Waals surface area (Å²) in [6.07, 6.45) is 0. The van der Waals surface area contributed by atoms with Gasteiger partial charge in [0.25, 0.3) is 0 Å². The summed E-state index contributed by atoms with van der Waals surface area (Å²) in [5.74, 6) is 0. The van der Waals surface area contributed by atoms with Gasteiger partial charge in [0, 0.05) is 0 Å². The van der Waals surface area contributed by atoms with E-state index in [2.05, 4.69) is 29.4 Å². The second-order valence-corrected chi connectivity index (χ2v) is 2.91. The molecule has 0 amide bonds. The van der Waals surface area contributed by atoms with Gasteiger partial charge in [0.05, 0.1) is 22.8 Å². The minimum absolute atomic E-state index is 0.542. The first-order valence-electron chi connectivity index (χ1n) is 2.56. The monoisotopic (exact) mass is 80.1 g/mol. The summed E-state index contributed by atoms with van der Waals surface area (Å²) in [7, 11) is 5.72. The summed E-state index contributed by atoms with van der Waals surface area (Å²) in [4.78, 5) is 0. The molecule has 32 valence electrons. The summed E-state index contributed by atoms with van der Waals surface area (Å²) >= 11 is 0. The normalized spacial score (nSPS) is 11.0. The lowest BCUT2D eigenvalue weighted by Crippen LogP contribution is -2.11. The predicted octanol–water partition coefficient (Wildman–Crippen LogP) is -1.24. The third-order valence-electron chi connectivity index (χ3n) is 1.06. The van der Waals surface area contributed by atoms with Crippen molar-refractivity contribution in [2.45, 2.75) is 19.1 Å². The molecule has 0 aliphatic rings. The topological polar surface area (TPSA) is 0 Å². The minimum Gasteiger partial charge on any atom is -0.0935 e. The maximum atomic E-state index is 2.24. The van der Waals surface area contributed by atoms with Crippen molar-refractivity contribution in [2.24, 2.45) is 0 Å². The van der Waals surface area contributed by atoms with E-state index in [1.54, 1.807) is 0 Å². The fourth-order valence-electron chi connectivity index (χ4n) is 0. The summed E-state index contributed by atoms with van der Waals surface area (Å²) in [5, 5.41) is 0.542. The largest absolute Gasteiger partial charge is 0.0981 e. The van der Waals surface area contributed by atoms with Gasteiger partial charge in [-0.1, -0.05) is 19.1 Å². The lowest BCUT2D eigenvalue weighted by atomic mass is 9.34. The molecule has 0 radical (unpaired) electrons. The Hall–Kier alpha value is 0.195. The van der Waals surface area contributed by atoms with Gasteiger partial charge >= 0.3 is 0 Å². The predicted molar refractivity (Wildman–Crippen MR) is 38.3 cm³/mol. The Morgan fingerprint density at radius 1 is 1.50 bits per heavy atom. The van der Waals surface area contributed by atoms with Crippen molar-refractivity contribution < 1.29 is 0 Å². The first kappa shape index (κ1) is 6.19. The molecule has 0 fully saturated rings. The molecular weight excluding hydrogens is 68.5 g/mol. The van der Waals surface area contributed by atoms with Crippen LogP contribution in [0.15, 0.2) is 0 Å². The summed E-state index contributed by atoms with van der Waals surface area (Å²) in [5.41, 5.74) is 0. The average molecular weight is 79.6 g/mol. The highest BCUT2D eigenvalue weighted by molar-refractivity contribution is 6.94. The van der Waals surface area contributed by atoms with Crippen LogP contribution in [0, 0.1) is 0 Å². The highest BCUT2D eigenvalue weighted by atomic mass is 13.8. The third-order valence-corrected chi connectivity index (χ3v) is 1.06. The first-order valence-corrected chi connectivity index (χ1v) is 2.56. The molecular formula is C3H11B3. The van der Waals surface area contributed by atoms with E-state index in [1.807, 2.05) is 0 Å². The van der Waals surface area contributed by atoms with E-state index in [0.29, 0.717) is 5.21 Å². The van der Waals surface area contributed by atoms with Gasteiger partial charge in [-0.05, 0) is 0 Å². The van der Waals surface area contributed by atoms with E-state index in [-0.39, 0.29) is 0 Å². The third kappa shape index (κ3) is 4.19. The van der Waals surface area contributed by atoms with Crippen molar-refractivity contribution in [3.8, 4) is 0 Å². The summed E-state index contributed by atoms with van der Waals surface area (Å²) in [6.45, 7) is 4.49. The van der Waals surface area contributed by atoms with Crippen molar-refractivity contribution in [1.29, 1.82) is 0 Å². The maximum Gasteiger partial charge on any atom is 0.0981 e. The van der Waals surface area contributed by atoms with Crippen molar-refractivity contribution in [3.63, 3.8) is 0 Å². The molecule has 6 heavy (non-hydrogen) atoms. The fourth-order valence-corrected chi connectivity index (χ4v) is 0. The van der Waals surface area contributed by atoms with Crippen LogP contribution in [0.5, 0.6) is 0 Å². The van der Waals surface area contributed by atoms with Crippen LogP contribution in [0.3, 0.4) is 0 Å². The van der Waals surface area contributed by atoms with E-state index in [1.165, 1.54) is 7.17 Å². The standard InChI is InChI=1S/C3H11B3/c1-3(2,4)6-5/h6H,4-5H2,1-2H3. The van der Waals surface area contributed by atoms with Gasteiger partial charge in [0.2, 0.25) is 0 Å². The zero-order valence-electron chi connectivity index (χ0n) is 5.21. The molecule has 0 bridgehead atoms. The van der Waals surface area contributed by atoms with Gasteiger partial charge in [-0.3, -0.25) is 0 Å². The molecule has 0 aromatic heterocycles. The smallest absolute Gasteiger partial charge is 0.0935 e. The zero-order valence-corrected chi connectivity index (χ0v) is 5.21. The molecule has 0 rings (SSSR count). The minimum atomic E-state index is 0.542. The molecule has 0 aliphatic heterocycles. The Bertz CT molecular complexity index is 35.8. The Balaban J connectivity index is 3.17. The van der Waals surface area contributed by atoms with Crippen LogP contribution >= 0.6 is 0 Å². The molecule has 0 N–H and O–H groups in total. The van der Waals surface area contributed by atoms with Crippen molar-refractivity contribution in [2.75, 3.05) is 0 Å². The molecule has 0 nitrogen and oxygen atoms in total. The van der Waals surface area contributed by atoms with Crippen LogP contribution < -0.4 is 0 Å². The van der Waals surface area contributed by atoms with Gasteiger partial charge in [0.1, 0.15) is 0 Å². The molecule has 0 aromatic carbocycles. The fraction of sp³-hybridized carbons (Fsp3) is 1.00. The van der Waals surface area contributed by atoms with Crippen LogP contribution in [-0.2, 0) is 0 Å². The van der Waals surface area contributed by atoms with Gasteiger partial charge in [-0.15, -0.1) is 0 Å². The second kappa shape index (κ2) is 1.77. The van der Waals surface area contributed by atoms with Gasteiger partial charge in [0.15, 0.2) is 0 Å². The molecule has 0 atom stereocenters. The average Bonchev–Trinajstić information content (AvgIpc) is 1.35. The van der Waals surface area contributed by atoms with Crippen LogP contribution in [0.2, 0.25) is 5.21 Å². The molecule has 0 heterocycles. The summed E-state index contributed by atoms with van der Waals surface area (Å²) < 4.78 is 0. The Morgan fingerprint density at radius 3 is 1.67 bits per heavy atom. The van der Waals surface area contributed by atoms with Crippen LogP contribution in [0.25, 0.3) is 0 Å². The lowest BCUT2D eigenvalue weighted by Gasteiger charge is -2.11. The van der Waals surface area contributed by atoms with Crippen molar-refractivity contribution >= 4 is 22.8 Å². The highest BCUT2D eigenvalue weighted by Gasteiger charge is 2.05. The molecule has 3 heteroatoms. The molecule has 0 unspecified atom stereocenters. The quantitative estimate of drug-likeness (QED) is 0.345. The van der Waals surface area contributed by atoms with E-state index in [4.69, 9.17) is 0 Å². The zero-order chi connectivity index (χ0) is 5.21. The van der Waals surface area contributed by atoms with Crippen LogP contribution in [0.1, 0.15) is 13.8 Å². The van der Waals surface area contributed by atoms with E-state index < -0.39 is 0 Å². The van der Waals surface area contributed by atoms with Crippen molar-refractivity contribution in [3.05, 3.63) is 0 Å².